The maximum atomic E-state index is 12.6. The second-order valence-electron chi connectivity index (χ2n) is 6.03. The average Bonchev–Trinajstić information content (AvgIpc) is 3.11. The summed E-state index contributed by atoms with van der Waals surface area (Å²) in [6.45, 7) is 0. The quantitative estimate of drug-likeness (QED) is 0.575. The molecule has 0 unspecified atom stereocenters. The lowest BCUT2D eigenvalue weighted by atomic mass is 10.1. The molecule has 0 bridgehead atoms. The van der Waals surface area contributed by atoms with E-state index in [1.807, 2.05) is 30.3 Å². The van der Waals surface area contributed by atoms with E-state index in [4.69, 9.17) is 0 Å². The molecule has 2 heterocycles. The number of H-pyrrole nitrogens is 1. The first-order valence-corrected chi connectivity index (χ1v) is 8.31. The van der Waals surface area contributed by atoms with E-state index in [-0.39, 0.29) is 11.4 Å². The van der Waals surface area contributed by atoms with E-state index in [1.165, 1.54) is 24.4 Å². The minimum absolute atomic E-state index is 0.273. The molecule has 5 nitrogen and oxygen atoms in total. The molecule has 0 saturated heterocycles. The van der Waals surface area contributed by atoms with Crippen LogP contribution >= 0.6 is 0 Å². The van der Waals surface area contributed by atoms with E-state index in [1.54, 1.807) is 10.8 Å². The Morgan fingerprint density at radius 1 is 0.964 bits per heavy atom. The number of aromatic nitrogens is 4. The summed E-state index contributed by atoms with van der Waals surface area (Å²) in [6.07, 6.45) is 0.173. The molecule has 0 aliphatic rings. The van der Waals surface area contributed by atoms with Crippen molar-refractivity contribution in [3.05, 3.63) is 88.1 Å². The van der Waals surface area contributed by atoms with Crippen LogP contribution in [0.15, 0.2) is 65.6 Å². The number of halogens is 3. The number of para-hydroxylation sites is 1. The van der Waals surface area contributed by atoms with Crippen LogP contribution < -0.4 is 5.56 Å². The molecule has 2 aromatic heterocycles. The van der Waals surface area contributed by atoms with Crippen molar-refractivity contribution in [3.8, 4) is 5.69 Å². The van der Waals surface area contributed by atoms with E-state index in [0.717, 1.165) is 17.8 Å². The number of nitrogens with zero attached hydrogens (tertiary/aromatic N) is 3. The Bertz CT molecular complexity index is 1210. The number of nitrogens with one attached hydrogen (secondary N) is 1. The van der Waals surface area contributed by atoms with Gasteiger partial charge >= 0.3 is 6.18 Å². The van der Waals surface area contributed by atoms with Gasteiger partial charge in [-0.2, -0.15) is 18.3 Å². The van der Waals surface area contributed by atoms with Crippen molar-refractivity contribution in [3.63, 3.8) is 0 Å². The van der Waals surface area contributed by atoms with Crippen molar-refractivity contribution in [2.75, 3.05) is 0 Å². The molecule has 1 N–H and O–H groups in total. The fraction of sp³-hybridized carbons (Fsp3) is 0.0500. The van der Waals surface area contributed by atoms with Gasteiger partial charge in [-0.1, -0.05) is 36.4 Å². The van der Waals surface area contributed by atoms with Gasteiger partial charge in [-0.15, -0.1) is 0 Å². The van der Waals surface area contributed by atoms with Crippen molar-refractivity contribution < 1.29 is 13.2 Å². The molecule has 0 spiro atoms. The highest BCUT2D eigenvalue weighted by Gasteiger charge is 2.29. The first kappa shape index (κ1) is 17.7. The van der Waals surface area contributed by atoms with Gasteiger partial charge in [0.05, 0.1) is 17.4 Å². The van der Waals surface area contributed by atoms with Gasteiger partial charge in [0, 0.05) is 0 Å². The Hall–Kier alpha value is -3.68. The molecule has 0 radical (unpaired) electrons. The highest BCUT2D eigenvalue weighted by Crippen LogP contribution is 2.29. The molecule has 0 aliphatic heterocycles. The number of benzene rings is 2. The fourth-order valence-electron chi connectivity index (χ4n) is 2.73. The van der Waals surface area contributed by atoms with Crippen molar-refractivity contribution in [1.82, 2.24) is 19.7 Å². The predicted octanol–water partition coefficient (Wildman–Crippen LogP) is 4.30. The van der Waals surface area contributed by atoms with Crippen LogP contribution in [0, 0.1) is 0 Å². The third-order valence-corrected chi connectivity index (χ3v) is 4.13. The smallest absolute Gasteiger partial charge is 0.306 e. The first-order chi connectivity index (χ1) is 13.4. The maximum Gasteiger partial charge on any atom is 0.416 e. The van der Waals surface area contributed by atoms with Crippen LogP contribution in [0.1, 0.15) is 17.0 Å². The minimum Gasteiger partial charge on any atom is -0.306 e. The van der Waals surface area contributed by atoms with E-state index in [2.05, 4.69) is 15.1 Å². The highest BCUT2D eigenvalue weighted by molar-refractivity contribution is 5.77. The normalized spacial score (nSPS) is 12.1. The van der Waals surface area contributed by atoms with Gasteiger partial charge in [0.1, 0.15) is 11.2 Å². The maximum absolute atomic E-state index is 12.6. The van der Waals surface area contributed by atoms with Gasteiger partial charge < -0.3 is 4.98 Å². The zero-order valence-electron chi connectivity index (χ0n) is 14.3. The Labute approximate surface area is 156 Å². The van der Waals surface area contributed by atoms with Gasteiger partial charge in [-0.25, -0.2) is 9.67 Å². The van der Waals surface area contributed by atoms with Crippen molar-refractivity contribution in [2.45, 2.75) is 6.18 Å². The largest absolute Gasteiger partial charge is 0.416 e. The lowest BCUT2D eigenvalue weighted by Gasteiger charge is -2.06. The van der Waals surface area contributed by atoms with Crippen LogP contribution in [0.5, 0.6) is 0 Å². The van der Waals surface area contributed by atoms with Crippen LogP contribution in [0.25, 0.3) is 28.9 Å². The fourth-order valence-corrected chi connectivity index (χ4v) is 2.73. The standard InChI is InChI=1S/C20H13F3N4O/c21-20(22,23)14-9-6-13(7-10-14)8-11-17-25-18-16(19(28)26-17)12-24-27(18)15-4-2-1-3-5-15/h1-12H,(H,25,26,28). The number of rotatable bonds is 3. The lowest BCUT2D eigenvalue weighted by Crippen LogP contribution is -2.10. The zero-order chi connectivity index (χ0) is 19.7. The molecule has 140 valence electrons. The Kier molecular flexibility index (Phi) is 4.31. The first-order valence-electron chi connectivity index (χ1n) is 8.31. The van der Waals surface area contributed by atoms with Gasteiger partial charge in [-0.3, -0.25) is 4.79 Å². The van der Waals surface area contributed by atoms with Gasteiger partial charge in [0.2, 0.25) is 0 Å². The average molecular weight is 382 g/mol. The molecular formula is C20H13F3N4O. The highest BCUT2D eigenvalue weighted by atomic mass is 19.4. The summed E-state index contributed by atoms with van der Waals surface area (Å²) < 4.78 is 39.5. The minimum atomic E-state index is -4.38. The molecule has 4 aromatic rings. The zero-order valence-corrected chi connectivity index (χ0v) is 14.3. The van der Waals surface area contributed by atoms with Crippen LogP contribution in [-0.2, 0) is 6.18 Å². The number of alkyl halides is 3. The molecular weight excluding hydrogens is 369 g/mol. The van der Waals surface area contributed by atoms with E-state index >= 15 is 0 Å². The van der Waals surface area contributed by atoms with E-state index in [9.17, 15) is 18.0 Å². The Morgan fingerprint density at radius 3 is 2.36 bits per heavy atom. The Balaban J connectivity index is 1.69. The molecule has 28 heavy (non-hydrogen) atoms. The van der Waals surface area contributed by atoms with Crippen LogP contribution in [0.2, 0.25) is 0 Å². The molecule has 0 saturated carbocycles. The van der Waals surface area contributed by atoms with Gasteiger partial charge in [-0.05, 0) is 35.9 Å². The van der Waals surface area contributed by atoms with Crippen molar-refractivity contribution in [1.29, 1.82) is 0 Å². The summed E-state index contributed by atoms with van der Waals surface area (Å²) in [5, 5.41) is 4.57. The molecule has 8 heteroatoms. The summed E-state index contributed by atoms with van der Waals surface area (Å²) >= 11 is 0. The van der Waals surface area contributed by atoms with Crippen LogP contribution in [0.4, 0.5) is 13.2 Å². The van der Waals surface area contributed by atoms with Crippen molar-refractivity contribution >= 4 is 23.2 Å². The number of fused-ring (bicyclic) bond motifs is 1. The van der Waals surface area contributed by atoms with E-state index in [0.29, 0.717) is 16.6 Å². The summed E-state index contributed by atoms with van der Waals surface area (Å²) in [5.41, 5.74) is 0.631. The molecule has 0 atom stereocenters. The van der Waals surface area contributed by atoms with Gasteiger partial charge in [0.15, 0.2) is 5.65 Å². The third kappa shape index (κ3) is 3.44. The second kappa shape index (κ2) is 6.80. The van der Waals surface area contributed by atoms with Crippen LogP contribution in [-0.4, -0.2) is 19.7 Å². The molecule has 2 aromatic carbocycles. The predicted molar refractivity (Wildman–Crippen MR) is 99.9 cm³/mol. The molecule has 0 aliphatic carbocycles. The number of aromatic amines is 1. The molecule has 0 amide bonds. The van der Waals surface area contributed by atoms with E-state index < -0.39 is 11.7 Å². The monoisotopic (exact) mass is 382 g/mol. The summed E-state index contributed by atoms with van der Waals surface area (Å²) in [5.74, 6) is 0.273. The summed E-state index contributed by atoms with van der Waals surface area (Å²) in [7, 11) is 0. The summed E-state index contributed by atoms with van der Waals surface area (Å²) in [6, 6.07) is 14.0. The number of hydrogen-bond donors (Lipinski definition) is 1. The second-order valence-corrected chi connectivity index (χ2v) is 6.03. The lowest BCUT2D eigenvalue weighted by molar-refractivity contribution is -0.137. The summed E-state index contributed by atoms with van der Waals surface area (Å²) in [4.78, 5) is 19.4. The van der Waals surface area contributed by atoms with Crippen LogP contribution in [0.3, 0.4) is 0 Å². The molecule has 4 rings (SSSR count). The third-order valence-electron chi connectivity index (χ3n) is 4.13. The topological polar surface area (TPSA) is 63.6 Å². The SMILES string of the molecule is O=c1[nH]c(C=Cc2ccc(C(F)(F)F)cc2)nc2c1cnn2-c1ccccc1. The van der Waals surface area contributed by atoms with Gasteiger partial charge in [0.25, 0.3) is 5.56 Å². The number of hydrogen-bond acceptors (Lipinski definition) is 3. The Morgan fingerprint density at radius 2 is 1.68 bits per heavy atom. The molecule has 0 fully saturated rings. The van der Waals surface area contributed by atoms with Crippen molar-refractivity contribution in [2.24, 2.45) is 0 Å².